The topological polar surface area (TPSA) is 29.5 Å². The molecule has 2 heteroatoms. The second kappa shape index (κ2) is 2.29. The van der Waals surface area contributed by atoms with Crippen molar-refractivity contribution in [2.75, 3.05) is 13.2 Å². The van der Waals surface area contributed by atoms with E-state index in [1.165, 1.54) is 0 Å². The number of aliphatic hydroxyl groups is 1. The average molecular weight is 184 g/mol. The van der Waals surface area contributed by atoms with Crippen LogP contribution < -0.4 is 0 Å². The first-order chi connectivity index (χ1) is 5.90. The van der Waals surface area contributed by atoms with Gasteiger partial charge in [0.15, 0.2) is 0 Å². The van der Waals surface area contributed by atoms with Crippen LogP contribution in [0.25, 0.3) is 0 Å². The first-order valence-electron chi connectivity index (χ1n) is 5.15. The Balaban J connectivity index is 2.33. The van der Waals surface area contributed by atoms with E-state index in [-0.39, 0.29) is 16.4 Å². The summed E-state index contributed by atoms with van der Waals surface area (Å²) in [6.07, 6.45) is 1.11. The molecule has 1 heterocycles. The molecule has 1 spiro atoms. The molecule has 0 amide bonds. The van der Waals surface area contributed by atoms with Crippen LogP contribution in [-0.4, -0.2) is 23.9 Å². The Labute approximate surface area is 80.3 Å². The van der Waals surface area contributed by atoms with Gasteiger partial charge in [0.25, 0.3) is 0 Å². The zero-order valence-electron chi connectivity index (χ0n) is 9.05. The number of rotatable bonds is 1. The van der Waals surface area contributed by atoms with Gasteiger partial charge < -0.3 is 9.84 Å². The maximum absolute atomic E-state index is 9.34. The Morgan fingerprint density at radius 1 is 1.31 bits per heavy atom. The van der Waals surface area contributed by atoms with E-state index in [2.05, 4.69) is 27.7 Å². The van der Waals surface area contributed by atoms with E-state index in [0.29, 0.717) is 12.5 Å². The minimum absolute atomic E-state index is 0.0517. The monoisotopic (exact) mass is 184 g/mol. The summed E-state index contributed by atoms with van der Waals surface area (Å²) < 4.78 is 5.77. The van der Waals surface area contributed by atoms with Crippen molar-refractivity contribution in [3.8, 4) is 0 Å². The molecule has 2 fully saturated rings. The summed E-state index contributed by atoms with van der Waals surface area (Å²) in [5, 5.41) is 9.34. The number of hydrogen-bond acceptors (Lipinski definition) is 2. The van der Waals surface area contributed by atoms with Gasteiger partial charge in [-0.15, -0.1) is 0 Å². The Bertz CT molecular complexity index is 232. The van der Waals surface area contributed by atoms with Crippen LogP contribution in [0.15, 0.2) is 0 Å². The van der Waals surface area contributed by atoms with Gasteiger partial charge in [0.1, 0.15) is 0 Å². The number of hydrogen-bond donors (Lipinski definition) is 1. The SMILES string of the molecule is CC1(C)OCCC12C(CO)C2(C)C. The molecule has 1 saturated carbocycles. The fraction of sp³-hybridized carbons (Fsp3) is 1.00. The van der Waals surface area contributed by atoms with Gasteiger partial charge >= 0.3 is 0 Å². The second-order valence-corrected chi connectivity index (χ2v) is 5.54. The van der Waals surface area contributed by atoms with Gasteiger partial charge in [-0.05, 0) is 31.6 Å². The summed E-state index contributed by atoms with van der Waals surface area (Å²) in [5.74, 6) is 0.428. The molecule has 76 valence electrons. The van der Waals surface area contributed by atoms with Crippen molar-refractivity contribution >= 4 is 0 Å². The minimum Gasteiger partial charge on any atom is -0.396 e. The smallest absolute Gasteiger partial charge is 0.0692 e. The molecule has 0 aromatic heterocycles. The molecule has 0 aromatic rings. The van der Waals surface area contributed by atoms with E-state index in [0.717, 1.165) is 13.0 Å². The van der Waals surface area contributed by atoms with Crippen LogP contribution in [-0.2, 0) is 4.74 Å². The lowest BCUT2D eigenvalue weighted by molar-refractivity contribution is -0.0117. The van der Waals surface area contributed by atoms with Crippen molar-refractivity contribution in [1.82, 2.24) is 0 Å². The molecule has 2 atom stereocenters. The average Bonchev–Trinajstić information content (AvgIpc) is 2.28. The third kappa shape index (κ3) is 0.816. The van der Waals surface area contributed by atoms with Crippen LogP contribution in [0.1, 0.15) is 34.1 Å². The molecule has 1 aliphatic carbocycles. The fourth-order valence-corrected chi connectivity index (χ4v) is 3.94. The third-order valence-electron chi connectivity index (χ3n) is 4.75. The summed E-state index contributed by atoms with van der Waals surface area (Å²) in [5.41, 5.74) is 0.431. The van der Waals surface area contributed by atoms with Crippen molar-refractivity contribution in [2.24, 2.45) is 16.7 Å². The molecular formula is C11H20O2. The van der Waals surface area contributed by atoms with Crippen LogP contribution in [0.4, 0.5) is 0 Å². The van der Waals surface area contributed by atoms with Crippen LogP contribution in [0.2, 0.25) is 0 Å². The van der Waals surface area contributed by atoms with Crippen LogP contribution in [0, 0.1) is 16.7 Å². The zero-order valence-corrected chi connectivity index (χ0v) is 9.05. The molecule has 2 rings (SSSR count). The van der Waals surface area contributed by atoms with Crippen molar-refractivity contribution in [3.05, 3.63) is 0 Å². The van der Waals surface area contributed by atoms with E-state index >= 15 is 0 Å². The minimum atomic E-state index is -0.0517. The lowest BCUT2D eigenvalue weighted by Gasteiger charge is -2.29. The van der Waals surface area contributed by atoms with E-state index in [1.54, 1.807) is 0 Å². The lowest BCUT2D eigenvalue weighted by atomic mass is 9.80. The van der Waals surface area contributed by atoms with E-state index in [9.17, 15) is 5.11 Å². The summed E-state index contributed by atoms with van der Waals surface area (Å²) in [7, 11) is 0. The highest BCUT2D eigenvalue weighted by atomic mass is 16.5. The Morgan fingerprint density at radius 3 is 2.23 bits per heavy atom. The Kier molecular flexibility index (Phi) is 1.67. The third-order valence-corrected chi connectivity index (χ3v) is 4.75. The van der Waals surface area contributed by atoms with Crippen LogP contribution in [0.5, 0.6) is 0 Å². The molecular weight excluding hydrogens is 164 g/mol. The van der Waals surface area contributed by atoms with E-state index in [4.69, 9.17) is 4.74 Å². The van der Waals surface area contributed by atoms with Crippen molar-refractivity contribution in [2.45, 2.75) is 39.7 Å². The molecule has 1 saturated heterocycles. The van der Waals surface area contributed by atoms with E-state index < -0.39 is 0 Å². The fourth-order valence-electron chi connectivity index (χ4n) is 3.94. The molecule has 2 aliphatic rings. The molecule has 0 radical (unpaired) electrons. The van der Waals surface area contributed by atoms with Gasteiger partial charge in [-0.1, -0.05) is 13.8 Å². The highest BCUT2D eigenvalue weighted by Gasteiger charge is 2.77. The van der Waals surface area contributed by atoms with Gasteiger partial charge in [-0.2, -0.15) is 0 Å². The Hall–Kier alpha value is -0.0800. The largest absolute Gasteiger partial charge is 0.396 e. The lowest BCUT2D eigenvalue weighted by Crippen LogP contribution is -2.33. The molecule has 13 heavy (non-hydrogen) atoms. The molecule has 2 unspecified atom stereocenters. The molecule has 0 bridgehead atoms. The summed E-state index contributed by atoms with van der Waals surface area (Å²) in [4.78, 5) is 0. The highest BCUT2D eigenvalue weighted by molar-refractivity contribution is 5.25. The number of aliphatic hydroxyl groups excluding tert-OH is 1. The summed E-state index contributed by atoms with van der Waals surface area (Å²) in [6.45, 7) is 10.00. The predicted molar refractivity (Wildman–Crippen MR) is 51.4 cm³/mol. The Morgan fingerprint density at radius 2 is 1.92 bits per heavy atom. The standard InChI is InChI=1S/C11H20O2/c1-9(2)8(7-12)11(9)5-6-13-10(11,3)4/h8,12H,5-7H2,1-4H3. The number of ether oxygens (including phenoxy) is 1. The predicted octanol–water partition coefficient (Wildman–Crippen LogP) is 1.82. The molecule has 0 aromatic carbocycles. The first-order valence-corrected chi connectivity index (χ1v) is 5.15. The maximum Gasteiger partial charge on any atom is 0.0692 e. The van der Waals surface area contributed by atoms with Gasteiger partial charge in [-0.3, -0.25) is 0 Å². The highest BCUT2D eigenvalue weighted by Crippen LogP contribution is 2.77. The zero-order chi connectivity index (χ0) is 9.91. The molecule has 1 aliphatic heterocycles. The quantitative estimate of drug-likeness (QED) is 0.673. The molecule has 2 nitrogen and oxygen atoms in total. The van der Waals surface area contributed by atoms with Gasteiger partial charge in [0, 0.05) is 18.6 Å². The molecule has 1 N–H and O–H groups in total. The van der Waals surface area contributed by atoms with Gasteiger partial charge in [-0.25, -0.2) is 0 Å². The van der Waals surface area contributed by atoms with Crippen molar-refractivity contribution < 1.29 is 9.84 Å². The van der Waals surface area contributed by atoms with E-state index in [1.807, 2.05) is 0 Å². The normalized spacial score (nSPS) is 45.5. The maximum atomic E-state index is 9.34. The first kappa shape index (κ1) is 9.47. The van der Waals surface area contributed by atoms with Crippen molar-refractivity contribution in [3.63, 3.8) is 0 Å². The van der Waals surface area contributed by atoms with Gasteiger partial charge in [0.05, 0.1) is 5.60 Å². The van der Waals surface area contributed by atoms with Crippen LogP contribution >= 0.6 is 0 Å². The van der Waals surface area contributed by atoms with Crippen LogP contribution in [0.3, 0.4) is 0 Å². The summed E-state index contributed by atoms with van der Waals surface area (Å²) in [6, 6.07) is 0. The second-order valence-electron chi connectivity index (χ2n) is 5.54. The van der Waals surface area contributed by atoms with Crippen molar-refractivity contribution in [1.29, 1.82) is 0 Å². The summed E-state index contributed by atoms with van der Waals surface area (Å²) >= 11 is 0. The van der Waals surface area contributed by atoms with Gasteiger partial charge in [0.2, 0.25) is 0 Å².